The van der Waals surface area contributed by atoms with Crippen molar-refractivity contribution in [2.45, 2.75) is 26.3 Å². The topological polar surface area (TPSA) is 3.24 Å². The normalized spacial score (nSPS) is 10.9. The molecule has 0 unspecified atom stereocenters. The first-order valence-electron chi connectivity index (χ1n) is 5.69. The number of hydrogen-bond donors (Lipinski definition) is 0. The lowest BCUT2D eigenvalue weighted by atomic mass is 10.2. The lowest BCUT2D eigenvalue weighted by Gasteiger charge is -2.20. The van der Waals surface area contributed by atoms with Crippen molar-refractivity contribution in [3.8, 4) is 0 Å². The molecule has 0 saturated carbocycles. The highest BCUT2D eigenvalue weighted by Gasteiger charge is 2.02. The Morgan fingerprint density at radius 1 is 1.13 bits per heavy atom. The van der Waals surface area contributed by atoms with E-state index < -0.39 is 0 Å². The van der Waals surface area contributed by atoms with Gasteiger partial charge in [0, 0.05) is 12.4 Å². The van der Waals surface area contributed by atoms with E-state index in [0.717, 1.165) is 31.9 Å². The summed E-state index contributed by atoms with van der Waals surface area (Å²) in [6.45, 7) is 5.53. The summed E-state index contributed by atoms with van der Waals surface area (Å²) in [5.41, 5.74) is 1.39. The van der Waals surface area contributed by atoms with Crippen LogP contribution in [-0.4, -0.2) is 23.9 Å². The summed E-state index contributed by atoms with van der Waals surface area (Å²) in [4.78, 5) is 2.46. The molecule has 0 aliphatic carbocycles. The second-order valence-electron chi connectivity index (χ2n) is 3.75. The Bertz CT molecular complexity index is 248. The lowest BCUT2D eigenvalue weighted by molar-refractivity contribution is 0.275. The first kappa shape index (κ1) is 12.5. The highest BCUT2D eigenvalue weighted by atomic mass is 35.5. The average Bonchev–Trinajstić information content (AvgIpc) is 2.29. The van der Waals surface area contributed by atoms with Crippen molar-refractivity contribution in [1.29, 1.82) is 0 Å². The van der Waals surface area contributed by atoms with Crippen LogP contribution in [0.5, 0.6) is 0 Å². The highest BCUT2D eigenvalue weighted by Crippen LogP contribution is 2.05. The minimum Gasteiger partial charge on any atom is -0.299 e. The van der Waals surface area contributed by atoms with Gasteiger partial charge < -0.3 is 0 Å². The van der Waals surface area contributed by atoms with Crippen molar-refractivity contribution in [3.05, 3.63) is 35.9 Å². The molecule has 1 aromatic rings. The van der Waals surface area contributed by atoms with Crippen LogP contribution in [0.4, 0.5) is 0 Å². The molecule has 0 radical (unpaired) electrons. The van der Waals surface area contributed by atoms with E-state index in [1.165, 1.54) is 12.0 Å². The van der Waals surface area contributed by atoms with Crippen LogP contribution in [0.15, 0.2) is 30.3 Å². The molecule has 0 fully saturated rings. The molecule has 0 heterocycles. The predicted octanol–water partition coefficient (Wildman–Crippen LogP) is 3.53. The maximum atomic E-state index is 5.67. The third-order valence-electron chi connectivity index (χ3n) is 2.55. The van der Waals surface area contributed by atoms with Crippen molar-refractivity contribution < 1.29 is 0 Å². The number of hydrogen-bond acceptors (Lipinski definition) is 1. The predicted molar refractivity (Wildman–Crippen MR) is 67.3 cm³/mol. The van der Waals surface area contributed by atoms with Gasteiger partial charge in [0.25, 0.3) is 0 Å². The average molecular weight is 226 g/mol. The van der Waals surface area contributed by atoms with E-state index >= 15 is 0 Å². The number of halogens is 1. The molecule has 0 aliphatic heterocycles. The molecular weight excluding hydrogens is 206 g/mol. The fraction of sp³-hybridized carbons (Fsp3) is 0.538. The van der Waals surface area contributed by atoms with Gasteiger partial charge in [0.15, 0.2) is 0 Å². The third-order valence-corrected chi connectivity index (χ3v) is 2.82. The number of nitrogens with zero attached hydrogens (tertiary/aromatic N) is 1. The van der Waals surface area contributed by atoms with E-state index in [1.807, 2.05) is 0 Å². The summed E-state index contributed by atoms with van der Waals surface area (Å²) in [5.74, 6) is 0.781. The highest BCUT2D eigenvalue weighted by molar-refractivity contribution is 6.17. The van der Waals surface area contributed by atoms with E-state index in [1.54, 1.807) is 0 Å². The van der Waals surface area contributed by atoms with Crippen LogP contribution in [0.2, 0.25) is 0 Å². The monoisotopic (exact) mass is 225 g/mol. The second kappa shape index (κ2) is 7.72. The van der Waals surface area contributed by atoms with Crippen LogP contribution in [0.1, 0.15) is 25.3 Å². The van der Waals surface area contributed by atoms with Gasteiger partial charge in [0.1, 0.15) is 0 Å². The SMILES string of the molecule is CCN(CCCCCl)Cc1ccccc1. The molecule has 0 saturated heterocycles. The van der Waals surface area contributed by atoms with E-state index in [-0.39, 0.29) is 0 Å². The molecule has 84 valence electrons. The summed E-state index contributed by atoms with van der Waals surface area (Å²) < 4.78 is 0. The summed E-state index contributed by atoms with van der Waals surface area (Å²) in [7, 11) is 0. The maximum absolute atomic E-state index is 5.67. The molecular formula is C13H20ClN. The Morgan fingerprint density at radius 3 is 2.47 bits per heavy atom. The minimum atomic E-state index is 0.781. The van der Waals surface area contributed by atoms with Crippen LogP contribution in [0.25, 0.3) is 0 Å². The fourth-order valence-electron chi connectivity index (χ4n) is 1.62. The van der Waals surface area contributed by atoms with Crippen molar-refractivity contribution in [1.82, 2.24) is 4.90 Å². The van der Waals surface area contributed by atoms with Gasteiger partial charge in [-0.3, -0.25) is 4.90 Å². The molecule has 0 N–H and O–H groups in total. The summed E-state index contributed by atoms with van der Waals surface area (Å²) in [6.07, 6.45) is 2.32. The zero-order valence-electron chi connectivity index (χ0n) is 9.45. The summed E-state index contributed by atoms with van der Waals surface area (Å²) in [5, 5.41) is 0. The largest absolute Gasteiger partial charge is 0.299 e. The van der Waals surface area contributed by atoms with E-state index in [4.69, 9.17) is 11.6 Å². The Hall–Kier alpha value is -0.530. The van der Waals surface area contributed by atoms with E-state index in [0.29, 0.717) is 0 Å². The van der Waals surface area contributed by atoms with Gasteiger partial charge in [-0.1, -0.05) is 37.3 Å². The molecule has 0 atom stereocenters. The molecule has 0 amide bonds. The molecule has 0 aliphatic rings. The number of unbranched alkanes of at least 4 members (excludes halogenated alkanes) is 1. The Balaban J connectivity index is 2.33. The van der Waals surface area contributed by atoms with Crippen LogP contribution in [-0.2, 0) is 6.54 Å². The molecule has 1 nitrogen and oxygen atoms in total. The summed E-state index contributed by atoms with van der Waals surface area (Å²) >= 11 is 5.67. The Morgan fingerprint density at radius 2 is 1.87 bits per heavy atom. The standard InChI is InChI=1S/C13H20ClN/c1-2-15(11-7-6-10-14)12-13-8-4-3-5-9-13/h3-5,8-9H,2,6-7,10-12H2,1H3. The van der Waals surface area contributed by atoms with E-state index in [9.17, 15) is 0 Å². The molecule has 15 heavy (non-hydrogen) atoms. The Labute approximate surface area is 98.0 Å². The van der Waals surface area contributed by atoms with Gasteiger partial charge in [0.05, 0.1) is 0 Å². The number of benzene rings is 1. The summed E-state index contributed by atoms with van der Waals surface area (Å²) in [6, 6.07) is 10.6. The molecule has 0 bridgehead atoms. The molecule has 1 aromatic carbocycles. The molecule has 2 heteroatoms. The fourth-order valence-corrected chi connectivity index (χ4v) is 1.81. The van der Waals surface area contributed by atoms with Crippen molar-refractivity contribution in [2.75, 3.05) is 19.0 Å². The van der Waals surface area contributed by atoms with Gasteiger partial charge in [-0.15, -0.1) is 11.6 Å². The lowest BCUT2D eigenvalue weighted by Crippen LogP contribution is -2.24. The van der Waals surface area contributed by atoms with Gasteiger partial charge in [-0.25, -0.2) is 0 Å². The van der Waals surface area contributed by atoms with Crippen LogP contribution in [0.3, 0.4) is 0 Å². The third kappa shape index (κ3) is 5.19. The van der Waals surface area contributed by atoms with E-state index in [2.05, 4.69) is 42.2 Å². The molecule has 1 rings (SSSR count). The number of alkyl halides is 1. The number of rotatable bonds is 7. The molecule has 0 spiro atoms. The van der Waals surface area contributed by atoms with Gasteiger partial charge in [-0.05, 0) is 31.5 Å². The second-order valence-corrected chi connectivity index (χ2v) is 4.13. The first-order chi connectivity index (χ1) is 7.36. The van der Waals surface area contributed by atoms with Crippen molar-refractivity contribution in [2.24, 2.45) is 0 Å². The minimum absolute atomic E-state index is 0.781. The molecule has 0 aromatic heterocycles. The smallest absolute Gasteiger partial charge is 0.0233 e. The van der Waals surface area contributed by atoms with Gasteiger partial charge >= 0.3 is 0 Å². The van der Waals surface area contributed by atoms with Crippen molar-refractivity contribution in [3.63, 3.8) is 0 Å². The first-order valence-corrected chi connectivity index (χ1v) is 6.22. The zero-order valence-corrected chi connectivity index (χ0v) is 10.2. The Kier molecular flexibility index (Phi) is 6.45. The van der Waals surface area contributed by atoms with Gasteiger partial charge in [0.2, 0.25) is 0 Å². The van der Waals surface area contributed by atoms with Crippen molar-refractivity contribution >= 4 is 11.6 Å². The zero-order chi connectivity index (χ0) is 10.9. The van der Waals surface area contributed by atoms with Crippen LogP contribution < -0.4 is 0 Å². The van der Waals surface area contributed by atoms with Gasteiger partial charge in [-0.2, -0.15) is 0 Å². The quantitative estimate of drug-likeness (QED) is 0.507. The van der Waals surface area contributed by atoms with Crippen LogP contribution in [0, 0.1) is 0 Å². The maximum Gasteiger partial charge on any atom is 0.0233 e. The van der Waals surface area contributed by atoms with Crippen LogP contribution >= 0.6 is 11.6 Å².